The number of hydrogen-bond acceptors (Lipinski definition) is 4. The van der Waals surface area contributed by atoms with Gasteiger partial charge >= 0.3 is 5.97 Å². The molecule has 5 N–H and O–H groups in total. The van der Waals surface area contributed by atoms with Crippen molar-refractivity contribution in [2.75, 3.05) is 0 Å². The van der Waals surface area contributed by atoms with E-state index in [1.807, 2.05) is 0 Å². The highest BCUT2D eigenvalue weighted by Crippen LogP contribution is 2.47. The number of nitrogens with one attached hydrogen (secondary N) is 2. The SMILES string of the molecule is CC1CCC(C)(C)C1C(=O)NC1(NC(=O)[C@@H](N)CC(=O)O)CC1. The minimum absolute atomic E-state index is 0.0374. The second-order valence-corrected chi connectivity index (χ2v) is 7.75. The van der Waals surface area contributed by atoms with Gasteiger partial charge in [-0.3, -0.25) is 14.4 Å². The zero-order valence-electron chi connectivity index (χ0n) is 14.0. The first-order valence-electron chi connectivity index (χ1n) is 8.18. The monoisotopic (exact) mass is 325 g/mol. The number of amides is 2. The Morgan fingerprint density at radius 1 is 1.22 bits per heavy atom. The Morgan fingerprint density at radius 3 is 2.26 bits per heavy atom. The number of carboxylic acid groups (broad SMARTS) is 1. The topological polar surface area (TPSA) is 122 Å². The zero-order chi connectivity index (χ0) is 17.4. The van der Waals surface area contributed by atoms with Crippen molar-refractivity contribution in [1.29, 1.82) is 0 Å². The molecule has 7 nitrogen and oxygen atoms in total. The number of carbonyl (C=O) groups is 3. The van der Waals surface area contributed by atoms with Crippen LogP contribution in [0.1, 0.15) is 52.9 Å². The average molecular weight is 325 g/mol. The van der Waals surface area contributed by atoms with E-state index in [4.69, 9.17) is 10.8 Å². The van der Waals surface area contributed by atoms with Crippen molar-refractivity contribution in [2.24, 2.45) is 23.0 Å². The average Bonchev–Trinajstić information content (AvgIpc) is 3.07. The lowest BCUT2D eigenvalue weighted by molar-refractivity contribution is -0.140. The Labute approximate surface area is 136 Å². The third-order valence-corrected chi connectivity index (χ3v) is 5.14. The third-order valence-electron chi connectivity index (χ3n) is 5.14. The number of rotatable bonds is 6. The van der Waals surface area contributed by atoms with Crippen LogP contribution in [0.4, 0.5) is 0 Å². The lowest BCUT2D eigenvalue weighted by Gasteiger charge is -2.31. The van der Waals surface area contributed by atoms with Crippen LogP contribution in [0.2, 0.25) is 0 Å². The standard InChI is InChI=1S/C16H27N3O4/c1-9-4-5-15(2,3)12(9)14(23)19-16(6-7-16)18-13(22)10(17)8-11(20)21/h9-10,12H,4-8,17H2,1-3H3,(H,18,22)(H,19,23)(H,20,21)/t9?,10-,12?/m0/s1. The molecule has 2 fully saturated rings. The van der Waals surface area contributed by atoms with E-state index in [1.54, 1.807) is 0 Å². The Morgan fingerprint density at radius 2 is 1.83 bits per heavy atom. The maximum absolute atomic E-state index is 12.7. The van der Waals surface area contributed by atoms with Crippen molar-refractivity contribution in [3.63, 3.8) is 0 Å². The number of hydrogen-bond donors (Lipinski definition) is 4. The van der Waals surface area contributed by atoms with Gasteiger partial charge in [-0.15, -0.1) is 0 Å². The summed E-state index contributed by atoms with van der Waals surface area (Å²) in [5, 5.41) is 14.4. The zero-order valence-corrected chi connectivity index (χ0v) is 14.0. The highest BCUT2D eigenvalue weighted by atomic mass is 16.4. The van der Waals surface area contributed by atoms with Crippen molar-refractivity contribution in [3.05, 3.63) is 0 Å². The quantitative estimate of drug-likeness (QED) is 0.532. The highest BCUT2D eigenvalue weighted by molar-refractivity contribution is 5.88. The predicted octanol–water partition coefficient (Wildman–Crippen LogP) is 0.583. The first-order valence-corrected chi connectivity index (χ1v) is 8.18. The number of aliphatic carboxylic acids is 1. The summed E-state index contributed by atoms with van der Waals surface area (Å²) in [5.41, 5.74) is 4.77. The second-order valence-electron chi connectivity index (χ2n) is 7.75. The van der Waals surface area contributed by atoms with Crippen LogP contribution in [0.5, 0.6) is 0 Å². The van der Waals surface area contributed by atoms with Crippen molar-refractivity contribution in [1.82, 2.24) is 10.6 Å². The number of carbonyl (C=O) groups excluding carboxylic acids is 2. The van der Waals surface area contributed by atoms with E-state index in [2.05, 4.69) is 31.4 Å². The normalized spacial score (nSPS) is 28.7. The first-order chi connectivity index (χ1) is 10.6. The molecule has 0 aromatic heterocycles. The molecule has 0 saturated heterocycles. The summed E-state index contributed by atoms with van der Waals surface area (Å²) in [4.78, 5) is 35.3. The third kappa shape index (κ3) is 4.02. The number of carboxylic acids is 1. The van der Waals surface area contributed by atoms with Crippen LogP contribution < -0.4 is 16.4 Å². The largest absolute Gasteiger partial charge is 0.481 e. The number of nitrogens with two attached hydrogens (primary N) is 1. The van der Waals surface area contributed by atoms with E-state index < -0.39 is 30.0 Å². The molecular formula is C16H27N3O4. The summed E-state index contributed by atoms with van der Waals surface area (Å²) in [7, 11) is 0. The molecule has 0 aromatic carbocycles. The van der Waals surface area contributed by atoms with Gasteiger partial charge in [0.1, 0.15) is 5.66 Å². The molecule has 2 unspecified atom stereocenters. The van der Waals surface area contributed by atoms with Crippen molar-refractivity contribution in [2.45, 2.75) is 64.6 Å². The summed E-state index contributed by atoms with van der Waals surface area (Å²) in [6.07, 6.45) is 2.89. The molecule has 0 spiro atoms. The minimum atomic E-state index is -1.12. The van der Waals surface area contributed by atoms with Crippen LogP contribution in [-0.2, 0) is 14.4 Å². The van der Waals surface area contributed by atoms with Crippen LogP contribution in [0.3, 0.4) is 0 Å². The summed E-state index contributed by atoms with van der Waals surface area (Å²) in [6.45, 7) is 6.28. The maximum atomic E-state index is 12.7. The molecule has 0 aliphatic heterocycles. The summed E-state index contributed by atoms with van der Waals surface area (Å²) >= 11 is 0. The Kier molecular flexibility index (Phi) is 4.71. The van der Waals surface area contributed by atoms with Gasteiger partial charge < -0.3 is 21.5 Å². The van der Waals surface area contributed by atoms with Crippen molar-refractivity contribution < 1.29 is 19.5 Å². The Hall–Kier alpha value is -1.63. The maximum Gasteiger partial charge on any atom is 0.305 e. The van der Waals surface area contributed by atoms with Gasteiger partial charge in [0.15, 0.2) is 0 Å². The Bertz CT molecular complexity index is 513. The fourth-order valence-electron chi connectivity index (χ4n) is 3.63. The van der Waals surface area contributed by atoms with Crippen LogP contribution in [-0.4, -0.2) is 34.6 Å². The van der Waals surface area contributed by atoms with Crippen LogP contribution in [0.15, 0.2) is 0 Å². The lowest BCUT2D eigenvalue weighted by atomic mass is 9.78. The molecule has 23 heavy (non-hydrogen) atoms. The second kappa shape index (κ2) is 6.11. The van der Waals surface area contributed by atoms with Crippen molar-refractivity contribution in [3.8, 4) is 0 Å². The lowest BCUT2D eigenvalue weighted by Crippen LogP contribution is -2.56. The van der Waals surface area contributed by atoms with Crippen molar-refractivity contribution >= 4 is 17.8 Å². The van der Waals surface area contributed by atoms with Gasteiger partial charge in [0, 0.05) is 5.92 Å². The van der Waals surface area contributed by atoms with Crippen LogP contribution in [0.25, 0.3) is 0 Å². The molecule has 2 aliphatic rings. The van der Waals surface area contributed by atoms with Crippen LogP contribution >= 0.6 is 0 Å². The minimum Gasteiger partial charge on any atom is -0.481 e. The molecule has 0 bridgehead atoms. The van der Waals surface area contributed by atoms with Gasteiger partial charge in [-0.25, -0.2) is 0 Å². The van der Waals surface area contributed by atoms with Gasteiger partial charge in [0.05, 0.1) is 12.5 Å². The van der Waals surface area contributed by atoms with E-state index in [0.717, 1.165) is 12.8 Å². The Balaban J connectivity index is 1.95. The van der Waals surface area contributed by atoms with E-state index in [1.165, 1.54) is 0 Å². The molecule has 2 aliphatic carbocycles. The fourth-order valence-corrected chi connectivity index (χ4v) is 3.63. The van der Waals surface area contributed by atoms with E-state index in [9.17, 15) is 14.4 Å². The molecule has 7 heteroatoms. The van der Waals surface area contributed by atoms with E-state index in [0.29, 0.717) is 18.8 Å². The first kappa shape index (κ1) is 17.7. The summed E-state index contributed by atoms with van der Waals surface area (Å²) in [6, 6.07) is -1.11. The summed E-state index contributed by atoms with van der Waals surface area (Å²) in [5.74, 6) is -1.47. The molecule has 0 heterocycles. The van der Waals surface area contributed by atoms with Gasteiger partial charge in [0.2, 0.25) is 11.8 Å². The molecule has 2 saturated carbocycles. The molecule has 2 amide bonds. The van der Waals surface area contributed by atoms with Gasteiger partial charge in [-0.05, 0) is 37.0 Å². The summed E-state index contributed by atoms with van der Waals surface area (Å²) < 4.78 is 0. The molecule has 0 aromatic rings. The molecule has 3 atom stereocenters. The fraction of sp³-hybridized carbons (Fsp3) is 0.812. The van der Waals surface area contributed by atoms with Crippen LogP contribution in [0, 0.1) is 17.3 Å². The van der Waals surface area contributed by atoms with Gasteiger partial charge in [-0.2, -0.15) is 0 Å². The smallest absolute Gasteiger partial charge is 0.305 e. The predicted molar refractivity (Wildman–Crippen MR) is 84.1 cm³/mol. The molecule has 2 rings (SSSR count). The molecular weight excluding hydrogens is 298 g/mol. The molecule has 0 radical (unpaired) electrons. The molecule has 130 valence electrons. The van der Waals surface area contributed by atoms with Gasteiger partial charge in [-0.1, -0.05) is 20.8 Å². The van der Waals surface area contributed by atoms with E-state index in [-0.39, 0.29) is 17.2 Å². The highest BCUT2D eigenvalue weighted by Gasteiger charge is 2.50. The van der Waals surface area contributed by atoms with Gasteiger partial charge in [0.25, 0.3) is 0 Å². The van der Waals surface area contributed by atoms with E-state index >= 15 is 0 Å².